The molecule has 0 spiro atoms. The number of carbonyl (C=O) groups excluding carboxylic acids is 2. The highest BCUT2D eigenvalue weighted by molar-refractivity contribution is 6.40. The Balaban J connectivity index is 1.13. The van der Waals surface area contributed by atoms with Crippen molar-refractivity contribution in [3.63, 3.8) is 0 Å². The third-order valence-corrected chi connectivity index (χ3v) is 8.73. The Kier molecular flexibility index (Phi) is 8.90. The molecular formula is C28H30Cl2F5N5O2. The van der Waals surface area contributed by atoms with E-state index in [1.165, 1.54) is 0 Å². The van der Waals surface area contributed by atoms with Gasteiger partial charge in [0.05, 0.1) is 21.7 Å². The maximum atomic E-state index is 13.8. The molecule has 7 nitrogen and oxygen atoms in total. The van der Waals surface area contributed by atoms with Crippen molar-refractivity contribution in [3.05, 3.63) is 63.1 Å². The number of hydrogen-bond donors (Lipinski definition) is 2. The van der Waals surface area contributed by atoms with Gasteiger partial charge in [0.1, 0.15) is 11.6 Å². The van der Waals surface area contributed by atoms with Crippen molar-refractivity contribution < 1.29 is 31.5 Å². The number of halogens is 7. The lowest BCUT2D eigenvalue weighted by Gasteiger charge is -2.47. The standard InChI is InChI=1S/C28H30Cl2F5N5O2/c29-22-10-19(11-23(30)24(22)26(41)39-4-1-18(36)12-39)37-20-13-40(14-20)21-2-5-38(6-3-21)27(42)25(28(33,34)35)15-7-16(31)9-17(32)8-15/h7-11,18,20-21,25,37H,1-6,12-14,36H2. The van der Waals surface area contributed by atoms with E-state index in [4.69, 9.17) is 28.9 Å². The average Bonchev–Trinajstić information content (AvgIpc) is 3.30. The van der Waals surface area contributed by atoms with E-state index in [-0.39, 0.29) is 52.7 Å². The summed E-state index contributed by atoms with van der Waals surface area (Å²) in [5.41, 5.74) is 6.06. The van der Waals surface area contributed by atoms with Crippen LogP contribution in [0.4, 0.5) is 27.6 Å². The Labute approximate surface area is 249 Å². The predicted molar refractivity (Wildman–Crippen MR) is 149 cm³/mol. The van der Waals surface area contributed by atoms with Gasteiger partial charge in [-0.15, -0.1) is 0 Å². The molecule has 0 saturated carbocycles. The molecule has 2 unspecified atom stereocenters. The number of nitrogens with one attached hydrogen (secondary N) is 1. The summed E-state index contributed by atoms with van der Waals surface area (Å²) in [6.07, 6.45) is -3.34. The zero-order chi connectivity index (χ0) is 30.3. The molecule has 3 heterocycles. The molecule has 14 heteroatoms. The molecule has 3 fully saturated rings. The van der Waals surface area contributed by atoms with Crippen molar-refractivity contribution in [1.82, 2.24) is 14.7 Å². The van der Waals surface area contributed by atoms with Gasteiger partial charge in [-0.05, 0) is 49.1 Å². The van der Waals surface area contributed by atoms with Crippen LogP contribution in [-0.2, 0) is 4.79 Å². The van der Waals surface area contributed by atoms with E-state index in [1.54, 1.807) is 17.0 Å². The molecule has 2 amide bonds. The number of likely N-dealkylation sites (tertiary alicyclic amines) is 3. The monoisotopic (exact) mass is 633 g/mol. The van der Waals surface area contributed by atoms with Gasteiger partial charge >= 0.3 is 6.18 Å². The molecule has 0 bridgehead atoms. The van der Waals surface area contributed by atoms with Crippen LogP contribution in [0.5, 0.6) is 0 Å². The summed E-state index contributed by atoms with van der Waals surface area (Å²) in [6.45, 7) is 2.53. The second kappa shape index (κ2) is 12.1. The summed E-state index contributed by atoms with van der Waals surface area (Å²) in [5, 5.41) is 3.83. The minimum Gasteiger partial charge on any atom is -0.380 e. The Hall–Kier alpha value is -2.67. The lowest BCUT2D eigenvalue weighted by atomic mass is 9.93. The fourth-order valence-electron chi connectivity index (χ4n) is 5.98. The number of benzene rings is 2. The van der Waals surface area contributed by atoms with E-state index in [2.05, 4.69) is 10.2 Å². The van der Waals surface area contributed by atoms with Crippen molar-refractivity contribution in [2.75, 3.05) is 44.6 Å². The summed E-state index contributed by atoms with van der Waals surface area (Å²) < 4.78 is 68.7. The molecule has 0 aliphatic carbocycles. The predicted octanol–water partition coefficient (Wildman–Crippen LogP) is 4.88. The van der Waals surface area contributed by atoms with Gasteiger partial charge in [-0.1, -0.05) is 23.2 Å². The largest absolute Gasteiger partial charge is 0.404 e. The zero-order valence-corrected chi connectivity index (χ0v) is 24.0. The molecule has 3 N–H and O–H groups in total. The first kappa shape index (κ1) is 30.8. The molecule has 3 saturated heterocycles. The van der Waals surface area contributed by atoms with Crippen molar-refractivity contribution in [1.29, 1.82) is 0 Å². The summed E-state index contributed by atoms with van der Waals surface area (Å²) in [4.78, 5) is 30.7. The lowest BCUT2D eigenvalue weighted by Crippen LogP contribution is -2.60. The van der Waals surface area contributed by atoms with Crippen molar-refractivity contribution in [3.8, 4) is 0 Å². The van der Waals surface area contributed by atoms with E-state index in [9.17, 15) is 31.5 Å². The minimum atomic E-state index is -5.00. The molecule has 3 aliphatic rings. The number of anilines is 1. The van der Waals surface area contributed by atoms with E-state index in [1.807, 2.05) is 0 Å². The second-order valence-electron chi connectivity index (χ2n) is 11.1. The lowest BCUT2D eigenvalue weighted by molar-refractivity contribution is -0.173. The van der Waals surface area contributed by atoms with Crippen molar-refractivity contribution >= 4 is 40.7 Å². The Morgan fingerprint density at radius 3 is 1.98 bits per heavy atom. The zero-order valence-electron chi connectivity index (χ0n) is 22.4. The molecule has 2 aromatic carbocycles. The Morgan fingerprint density at radius 2 is 1.45 bits per heavy atom. The molecule has 5 rings (SSSR count). The third-order valence-electron chi connectivity index (χ3n) is 8.13. The van der Waals surface area contributed by atoms with E-state index in [0.717, 1.165) is 11.3 Å². The van der Waals surface area contributed by atoms with E-state index >= 15 is 0 Å². The Morgan fingerprint density at radius 1 is 0.881 bits per heavy atom. The smallest absolute Gasteiger partial charge is 0.380 e. The van der Waals surface area contributed by atoms with Crippen LogP contribution in [-0.4, -0.2) is 90.1 Å². The number of nitrogens with zero attached hydrogens (tertiary/aromatic N) is 3. The molecule has 228 valence electrons. The van der Waals surface area contributed by atoms with Crippen LogP contribution in [0.2, 0.25) is 10.0 Å². The molecule has 42 heavy (non-hydrogen) atoms. The summed E-state index contributed by atoms with van der Waals surface area (Å²) in [7, 11) is 0. The van der Waals surface area contributed by atoms with Crippen LogP contribution in [0.3, 0.4) is 0 Å². The number of rotatable bonds is 6. The highest BCUT2D eigenvalue weighted by Crippen LogP contribution is 2.38. The third kappa shape index (κ3) is 6.61. The van der Waals surface area contributed by atoms with Gasteiger partial charge < -0.3 is 20.9 Å². The normalized spacial score (nSPS) is 21.4. The molecular weight excluding hydrogens is 604 g/mol. The number of nitrogens with two attached hydrogens (primary N) is 1. The number of alkyl halides is 3. The number of amides is 2. The number of piperidine rings is 1. The van der Waals surface area contributed by atoms with Gasteiger partial charge in [-0.25, -0.2) is 8.78 Å². The van der Waals surface area contributed by atoms with Crippen LogP contribution >= 0.6 is 23.2 Å². The van der Waals surface area contributed by atoms with Crippen LogP contribution in [0.15, 0.2) is 30.3 Å². The average molecular weight is 634 g/mol. The molecule has 0 radical (unpaired) electrons. The Bertz CT molecular complexity index is 1310. The fraction of sp³-hybridized carbons (Fsp3) is 0.500. The fourth-order valence-corrected chi connectivity index (χ4v) is 6.62. The molecule has 2 atom stereocenters. The number of hydrogen-bond acceptors (Lipinski definition) is 5. The summed E-state index contributed by atoms with van der Waals surface area (Å²) >= 11 is 12.9. The quantitative estimate of drug-likeness (QED) is 0.443. The first-order chi connectivity index (χ1) is 19.8. The highest BCUT2D eigenvalue weighted by atomic mass is 35.5. The van der Waals surface area contributed by atoms with E-state index < -0.39 is 35.2 Å². The van der Waals surface area contributed by atoms with E-state index in [0.29, 0.717) is 62.9 Å². The molecule has 3 aliphatic heterocycles. The van der Waals surface area contributed by atoms with Crippen LogP contribution in [0, 0.1) is 11.6 Å². The van der Waals surface area contributed by atoms with Gasteiger partial charge in [-0.3, -0.25) is 14.5 Å². The summed E-state index contributed by atoms with van der Waals surface area (Å²) in [5.74, 6) is -6.45. The highest BCUT2D eigenvalue weighted by Gasteiger charge is 2.48. The maximum absolute atomic E-state index is 13.8. The van der Waals surface area contributed by atoms with Crippen LogP contribution < -0.4 is 11.1 Å². The second-order valence-corrected chi connectivity index (χ2v) is 12.0. The minimum absolute atomic E-state index is 0.0624. The topological polar surface area (TPSA) is 81.9 Å². The first-order valence-corrected chi connectivity index (χ1v) is 14.4. The SMILES string of the molecule is NC1CCN(C(=O)c2c(Cl)cc(NC3CN(C4CCN(C(=O)C(c5cc(F)cc(F)c5)C(F)(F)F)CC4)C3)cc2Cl)C1. The van der Waals surface area contributed by atoms with Crippen molar-refractivity contribution in [2.24, 2.45) is 5.73 Å². The van der Waals surface area contributed by atoms with Gasteiger partial charge in [0, 0.05) is 63.1 Å². The molecule has 0 aromatic heterocycles. The van der Waals surface area contributed by atoms with Gasteiger partial charge in [0.2, 0.25) is 5.91 Å². The van der Waals surface area contributed by atoms with Gasteiger partial charge in [0.15, 0.2) is 5.92 Å². The first-order valence-electron chi connectivity index (χ1n) is 13.7. The van der Waals surface area contributed by atoms with Gasteiger partial charge in [0.25, 0.3) is 5.91 Å². The summed E-state index contributed by atoms with van der Waals surface area (Å²) in [6, 6.07) is 4.95. The van der Waals surface area contributed by atoms with Crippen LogP contribution in [0.25, 0.3) is 0 Å². The maximum Gasteiger partial charge on any atom is 0.404 e. The molecule has 2 aromatic rings. The van der Waals surface area contributed by atoms with Crippen LogP contribution in [0.1, 0.15) is 41.1 Å². The van der Waals surface area contributed by atoms with Crippen molar-refractivity contribution in [2.45, 2.75) is 49.5 Å². The number of carbonyl (C=O) groups is 2. The van der Waals surface area contributed by atoms with Gasteiger partial charge in [-0.2, -0.15) is 13.2 Å².